The monoisotopic (exact) mass is 346 g/mol. The highest BCUT2D eigenvalue weighted by molar-refractivity contribution is 7.92. The third-order valence-electron chi connectivity index (χ3n) is 3.34. The van der Waals surface area contributed by atoms with E-state index in [0.29, 0.717) is 22.5 Å². The van der Waals surface area contributed by atoms with Gasteiger partial charge < -0.3 is 5.32 Å². The lowest BCUT2D eigenvalue weighted by Gasteiger charge is -2.11. The zero-order chi connectivity index (χ0) is 17.9. The van der Waals surface area contributed by atoms with Crippen LogP contribution >= 0.6 is 0 Å². The Labute approximate surface area is 140 Å². The highest BCUT2D eigenvalue weighted by Crippen LogP contribution is 2.21. The van der Waals surface area contributed by atoms with Crippen molar-refractivity contribution in [2.45, 2.75) is 25.7 Å². The number of aryl methyl sites for hydroxylation is 1. The van der Waals surface area contributed by atoms with Gasteiger partial charge in [0.2, 0.25) is 5.91 Å². The van der Waals surface area contributed by atoms with Crippen LogP contribution in [-0.4, -0.2) is 20.1 Å². The van der Waals surface area contributed by atoms with Crippen molar-refractivity contribution in [2.24, 2.45) is 0 Å². The minimum absolute atomic E-state index is 0.0736. The molecule has 0 unspecified atom stereocenters. The van der Waals surface area contributed by atoms with Crippen LogP contribution in [0.1, 0.15) is 29.8 Å². The largest absolute Gasteiger partial charge is 0.326 e. The SMILES string of the molecule is CC(=O)Nc1ccc(S(=O)(=O)Nc2ccc(C(C)=O)c(C)c2)cc1. The van der Waals surface area contributed by atoms with E-state index in [4.69, 9.17) is 0 Å². The number of sulfonamides is 1. The lowest BCUT2D eigenvalue weighted by Crippen LogP contribution is -2.13. The smallest absolute Gasteiger partial charge is 0.261 e. The zero-order valence-electron chi connectivity index (χ0n) is 13.6. The summed E-state index contributed by atoms with van der Waals surface area (Å²) in [5, 5.41) is 2.57. The van der Waals surface area contributed by atoms with Gasteiger partial charge in [0.05, 0.1) is 4.90 Å². The summed E-state index contributed by atoms with van der Waals surface area (Å²) in [5.41, 5.74) is 2.15. The first kappa shape index (κ1) is 17.7. The van der Waals surface area contributed by atoms with Gasteiger partial charge >= 0.3 is 0 Å². The van der Waals surface area contributed by atoms with Gasteiger partial charge in [-0.25, -0.2) is 8.42 Å². The number of hydrogen-bond donors (Lipinski definition) is 2. The van der Waals surface area contributed by atoms with Gasteiger partial charge in [-0.3, -0.25) is 14.3 Å². The molecule has 0 radical (unpaired) electrons. The Morgan fingerprint density at radius 3 is 2.00 bits per heavy atom. The van der Waals surface area contributed by atoms with E-state index in [1.165, 1.54) is 38.1 Å². The number of anilines is 2. The summed E-state index contributed by atoms with van der Waals surface area (Å²) in [6, 6.07) is 10.6. The van der Waals surface area contributed by atoms with Gasteiger partial charge in [-0.15, -0.1) is 0 Å². The van der Waals surface area contributed by atoms with Crippen LogP contribution in [0.25, 0.3) is 0 Å². The van der Waals surface area contributed by atoms with E-state index in [1.807, 2.05) is 0 Å². The first-order valence-electron chi connectivity index (χ1n) is 7.21. The summed E-state index contributed by atoms with van der Waals surface area (Å²) >= 11 is 0. The second-order valence-electron chi connectivity index (χ2n) is 5.40. The summed E-state index contributed by atoms with van der Waals surface area (Å²) in [6.45, 7) is 4.58. The predicted octanol–water partition coefficient (Wildman–Crippen LogP) is 2.96. The van der Waals surface area contributed by atoms with Crippen LogP contribution < -0.4 is 10.0 Å². The Morgan fingerprint density at radius 1 is 0.917 bits per heavy atom. The minimum atomic E-state index is -3.76. The van der Waals surface area contributed by atoms with Gasteiger partial charge in [0.1, 0.15) is 0 Å². The van der Waals surface area contributed by atoms with Gasteiger partial charge in [-0.05, 0) is 61.9 Å². The van der Waals surface area contributed by atoms with Crippen LogP contribution in [0.2, 0.25) is 0 Å². The molecule has 126 valence electrons. The first-order valence-corrected chi connectivity index (χ1v) is 8.69. The summed E-state index contributed by atoms with van der Waals surface area (Å²) in [7, 11) is -3.76. The van der Waals surface area contributed by atoms with Gasteiger partial charge in [0.15, 0.2) is 5.78 Å². The van der Waals surface area contributed by atoms with Crippen LogP contribution in [0.5, 0.6) is 0 Å². The van der Waals surface area contributed by atoms with E-state index < -0.39 is 10.0 Å². The lowest BCUT2D eigenvalue weighted by molar-refractivity contribution is -0.114. The fourth-order valence-electron chi connectivity index (χ4n) is 2.26. The van der Waals surface area contributed by atoms with E-state index in [1.54, 1.807) is 25.1 Å². The number of benzene rings is 2. The molecule has 0 atom stereocenters. The molecule has 2 N–H and O–H groups in total. The number of carbonyl (C=O) groups excluding carboxylic acids is 2. The van der Waals surface area contributed by atoms with Crippen molar-refractivity contribution in [3.63, 3.8) is 0 Å². The van der Waals surface area contributed by atoms with Crippen molar-refractivity contribution in [1.82, 2.24) is 0 Å². The molecule has 0 aliphatic rings. The molecule has 0 aliphatic carbocycles. The van der Waals surface area contributed by atoms with Crippen LogP contribution in [0.15, 0.2) is 47.4 Å². The van der Waals surface area contributed by atoms with Crippen molar-refractivity contribution < 1.29 is 18.0 Å². The maximum absolute atomic E-state index is 12.4. The lowest BCUT2D eigenvalue weighted by atomic mass is 10.1. The van der Waals surface area contributed by atoms with E-state index in [0.717, 1.165) is 0 Å². The summed E-state index contributed by atoms with van der Waals surface area (Å²) in [5.74, 6) is -0.305. The number of ketones is 1. The standard InChI is InChI=1S/C17H18N2O4S/c1-11-10-15(6-9-17(11)12(2)20)19-24(22,23)16-7-4-14(5-8-16)18-13(3)21/h4-10,19H,1-3H3,(H,18,21). The number of amides is 1. The van der Waals surface area contributed by atoms with Gasteiger partial charge in [-0.2, -0.15) is 0 Å². The molecule has 1 amide bonds. The van der Waals surface area contributed by atoms with E-state index >= 15 is 0 Å². The van der Waals surface area contributed by atoms with Crippen LogP contribution in [0.3, 0.4) is 0 Å². The molecule has 6 nitrogen and oxygen atoms in total. The Hall–Kier alpha value is -2.67. The van der Waals surface area contributed by atoms with Crippen LogP contribution in [-0.2, 0) is 14.8 Å². The molecule has 0 aromatic heterocycles. The highest BCUT2D eigenvalue weighted by Gasteiger charge is 2.15. The van der Waals surface area contributed by atoms with Crippen molar-refractivity contribution in [1.29, 1.82) is 0 Å². The van der Waals surface area contributed by atoms with Crippen molar-refractivity contribution >= 4 is 33.1 Å². The van der Waals surface area contributed by atoms with Crippen molar-refractivity contribution in [2.75, 3.05) is 10.0 Å². The Bertz CT molecular complexity index is 887. The molecule has 2 rings (SSSR count). The molecular formula is C17H18N2O4S. The predicted molar refractivity (Wildman–Crippen MR) is 92.7 cm³/mol. The topological polar surface area (TPSA) is 92.3 Å². The maximum atomic E-state index is 12.4. The van der Waals surface area contributed by atoms with Crippen molar-refractivity contribution in [3.05, 3.63) is 53.6 Å². The maximum Gasteiger partial charge on any atom is 0.261 e. The fraction of sp³-hybridized carbons (Fsp3) is 0.176. The molecule has 0 spiro atoms. The summed E-state index contributed by atoms with van der Waals surface area (Å²) in [6.07, 6.45) is 0. The minimum Gasteiger partial charge on any atom is -0.326 e. The molecule has 0 heterocycles. The molecular weight excluding hydrogens is 328 g/mol. The molecule has 2 aromatic rings. The fourth-order valence-corrected chi connectivity index (χ4v) is 3.31. The summed E-state index contributed by atoms with van der Waals surface area (Å²) < 4.78 is 27.3. The number of rotatable bonds is 5. The third kappa shape index (κ3) is 4.20. The Balaban J connectivity index is 2.23. The quantitative estimate of drug-likeness (QED) is 0.814. The molecule has 0 saturated heterocycles. The van der Waals surface area contributed by atoms with Gasteiger partial charge in [0.25, 0.3) is 10.0 Å². The Kier molecular flexibility index (Phi) is 5.04. The molecule has 0 aliphatic heterocycles. The van der Waals surface area contributed by atoms with Gasteiger partial charge in [0, 0.05) is 23.9 Å². The number of hydrogen-bond acceptors (Lipinski definition) is 4. The molecule has 0 bridgehead atoms. The van der Waals surface area contributed by atoms with E-state index in [2.05, 4.69) is 10.0 Å². The normalized spacial score (nSPS) is 11.0. The molecule has 0 fully saturated rings. The number of nitrogens with one attached hydrogen (secondary N) is 2. The molecule has 24 heavy (non-hydrogen) atoms. The Morgan fingerprint density at radius 2 is 1.50 bits per heavy atom. The van der Waals surface area contributed by atoms with E-state index in [-0.39, 0.29) is 16.6 Å². The van der Waals surface area contributed by atoms with Crippen molar-refractivity contribution in [3.8, 4) is 0 Å². The van der Waals surface area contributed by atoms with Crippen LogP contribution in [0.4, 0.5) is 11.4 Å². The van der Waals surface area contributed by atoms with E-state index in [9.17, 15) is 18.0 Å². The summed E-state index contributed by atoms with van der Waals surface area (Å²) in [4.78, 5) is 22.5. The molecule has 2 aromatic carbocycles. The second kappa shape index (κ2) is 6.84. The second-order valence-corrected chi connectivity index (χ2v) is 7.08. The highest BCUT2D eigenvalue weighted by atomic mass is 32.2. The van der Waals surface area contributed by atoms with Crippen LogP contribution in [0, 0.1) is 6.92 Å². The molecule has 7 heteroatoms. The molecule has 0 saturated carbocycles. The average Bonchev–Trinajstić information content (AvgIpc) is 2.46. The zero-order valence-corrected chi connectivity index (χ0v) is 14.4. The average molecular weight is 346 g/mol. The first-order chi connectivity index (χ1) is 11.2. The van der Waals surface area contributed by atoms with Gasteiger partial charge in [-0.1, -0.05) is 0 Å². The third-order valence-corrected chi connectivity index (χ3v) is 4.74. The number of Topliss-reactive ketones (excluding diaryl/α,β-unsaturated/α-hetero) is 1. The number of carbonyl (C=O) groups is 2.